The molecule has 0 aliphatic carbocycles. The molecule has 6 heteroatoms. The van der Waals surface area contributed by atoms with Crippen molar-refractivity contribution in [1.29, 1.82) is 0 Å². The highest BCUT2D eigenvalue weighted by Crippen LogP contribution is 2.15. The summed E-state index contributed by atoms with van der Waals surface area (Å²) in [7, 11) is 0. The molecule has 1 heterocycles. The van der Waals surface area contributed by atoms with E-state index in [9.17, 15) is 9.18 Å². The van der Waals surface area contributed by atoms with Gasteiger partial charge in [0, 0.05) is 26.2 Å². The second kappa shape index (κ2) is 6.49. The van der Waals surface area contributed by atoms with Gasteiger partial charge in [0.2, 0.25) is 5.91 Å². The Balaban J connectivity index is 1.84. The van der Waals surface area contributed by atoms with Gasteiger partial charge in [-0.15, -0.1) is 0 Å². The number of benzene rings is 1. The van der Waals surface area contributed by atoms with E-state index >= 15 is 0 Å². The summed E-state index contributed by atoms with van der Waals surface area (Å²) >= 11 is 0. The maximum absolute atomic E-state index is 13.3. The third kappa shape index (κ3) is 3.65. The maximum atomic E-state index is 13.3. The molecule has 2 rings (SSSR count). The molecule has 1 aromatic carbocycles. The minimum Gasteiger partial charge on any atom is -0.489 e. The van der Waals surface area contributed by atoms with Crippen LogP contribution in [0.2, 0.25) is 0 Å². The molecule has 1 unspecified atom stereocenters. The van der Waals surface area contributed by atoms with E-state index in [1.807, 2.05) is 4.90 Å². The Kier molecular flexibility index (Phi) is 4.70. The molecule has 1 aliphatic rings. The monoisotopic (exact) mass is 267 g/mol. The number of rotatable bonds is 5. The first-order chi connectivity index (χ1) is 9.18. The summed E-state index contributed by atoms with van der Waals surface area (Å²) in [6.45, 7) is 2.96. The van der Waals surface area contributed by atoms with Gasteiger partial charge in [-0.05, 0) is 12.1 Å². The Bertz CT molecular complexity index is 442. The van der Waals surface area contributed by atoms with Crippen LogP contribution in [0.3, 0.4) is 0 Å². The second-order valence-electron chi connectivity index (χ2n) is 4.44. The van der Waals surface area contributed by atoms with Gasteiger partial charge in [0.25, 0.3) is 0 Å². The third-order valence-corrected chi connectivity index (χ3v) is 3.16. The summed E-state index contributed by atoms with van der Waals surface area (Å²) in [4.78, 5) is 13.2. The molecule has 5 nitrogen and oxygen atoms in total. The minimum atomic E-state index is -0.380. The van der Waals surface area contributed by atoms with Crippen LogP contribution in [-0.4, -0.2) is 49.6 Å². The summed E-state index contributed by atoms with van der Waals surface area (Å²) in [6, 6.07) is 5.94. The molecule has 0 spiro atoms. The number of halogens is 1. The highest BCUT2D eigenvalue weighted by molar-refractivity contribution is 5.80. The number of carbonyl (C=O) groups is 1. The highest BCUT2D eigenvalue weighted by atomic mass is 19.1. The van der Waals surface area contributed by atoms with Crippen LogP contribution in [0, 0.1) is 5.82 Å². The maximum Gasteiger partial charge on any atom is 0.236 e. The van der Waals surface area contributed by atoms with Gasteiger partial charge in [-0.1, -0.05) is 12.1 Å². The lowest BCUT2D eigenvalue weighted by Gasteiger charge is -2.33. The lowest BCUT2D eigenvalue weighted by atomic mass is 10.2. The SMILES string of the molecule is NC(=O)C1CNCCN1CCOc1ccccc1F. The first-order valence-corrected chi connectivity index (χ1v) is 6.30. The van der Waals surface area contributed by atoms with Gasteiger partial charge < -0.3 is 15.8 Å². The fourth-order valence-electron chi connectivity index (χ4n) is 2.13. The van der Waals surface area contributed by atoms with Crippen LogP contribution in [-0.2, 0) is 4.79 Å². The van der Waals surface area contributed by atoms with Crippen molar-refractivity contribution in [2.24, 2.45) is 5.73 Å². The zero-order valence-corrected chi connectivity index (χ0v) is 10.6. The number of hydrogen-bond donors (Lipinski definition) is 2. The average molecular weight is 267 g/mol. The number of ether oxygens (including phenoxy) is 1. The molecule has 1 aromatic rings. The third-order valence-electron chi connectivity index (χ3n) is 3.16. The Morgan fingerprint density at radius 3 is 3.05 bits per heavy atom. The van der Waals surface area contributed by atoms with Crippen LogP contribution in [0.25, 0.3) is 0 Å². The molecule has 104 valence electrons. The van der Waals surface area contributed by atoms with Crippen LogP contribution in [0.1, 0.15) is 0 Å². The molecule has 0 bridgehead atoms. The van der Waals surface area contributed by atoms with Crippen molar-refractivity contribution in [2.75, 3.05) is 32.8 Å². The Labute approximate surface area is 111 Å². The van der Waals surface area contributed by atoms with Gasteiger partial charge >= 0.3 is 0 Å². The molecular formula is C13H18FN3O2. The van der Waals surface area contributed by atoms with Crippen molar-refractivity contribution in [3.8, 4) is 5.75 Å². The molecule has 3 N–H and O–H groups in total. The van der Waals surface area contributed by atoms with Crippen LogP contribution < -0.4 is 15.8 Å². The summed E-state index contributed by atoms with van der Waals surface area (Å²) < 4.78 is 18.7. The largest absolute Gasteiger partial charge is 0.489 e. The fourth-order valence-corrected chi connectivity index (χ4v) is 2.13. The van der Waals surface area contributed by atoms with E-state index in [1.165, 1.54) is 6.07 Å². The van der Waals surface area contributed by atoms with E-state index < -0.39 is 0 Å². The Morgan fingerprint density at radius 1 is 1.53 bits per heavy atom. The molecule has 1 atom stereocenters. The lowest BCUT2D eigenvalue weighted by Crippen LogP contribution is -2.57. The summed E-state index contributed by atoms with van der Waals surface area (Å²) in [5.41, 5.74) is 5.34. The molecule has 0 radical (unpaired) electrons. The number of nitrogens with one attached hydrogen (secondary N) is 1. The first-order valence-electron chi connectivity index (χ1n) is 6.30. The number of nitrogens with two attached hydrogens (primary N) is 1. The molecule has 1 aliphatic heterocycles. The quantitative estimate of drug-likeness (QED) is 0.786. The number of hydrogen-bond acceptors (Lipinski definition) is 4. The van der Waals surface area contributed by atoms with Crippen molar-refractivity contribution >= 4 is 5.91 Å². The van der Waals surface area contributed by atoms with Crippen molar-refractivity contribution < 1.29 is 13.9 Å². The molecule has 0 aromatic heterocycles. The second-order valence-corrected chi connectivity index (χ2v) is 4.44. The molecule has 19 heavy (non-hydrogen) atoms. The van der Waals surface area contributed by atoms with Gasteiger partial charge in [-0.3, -0.25) is 9.69 Å². The fraction of sp³-hybridized carbons (Fsp3) is 0.462. The van der Waals surface area contributed by atoms with Crippen molar-refractivity contribution in [2.45, 2.75) is 6.04 Å². The zero-order chi connectivity index (χ0) is 13.7. The molecular weight excluding hydrogens is 249 g/mol. The van der Waals surface area contributed by atoms with Crippen LogP contribution in [0.15, 0.2) is 24.3 Å². The number of piperazine rings is 1. The Morgan fingerprint density at radius 2 is 2.32 bits per heavy atom. The van der Waals surface area contributed by atoms with Crippen molar-refractivity contribution in [1.82, 2.24) is 10.2 Å². The number of nitrogens with zero attached hydrogens (tertiary/aromatic N) is 1. The predicted molar refractivity (Wildman–Crippen MR) is 69.3 cm³/mol. The van der Waals surface area contributed by atoms with Crippen molar-refractivity contribution in [3.05, 3.63) is 30.1 Å². The summed E-state index contributed by atoms with van der Waals surface area (Å²) in [5, 5.41) is 3.12. The average Bonchev–Trinajstić information content (AvgIpc) is 2.41. The van der Waals surface area contributed by atoms with E-state index in [0.29, 0.717) is 19.7 Å². The van der Waals surface area contributed by atoms with Crippen LogP contribution in [0.5, 0.6) is 5.75 Å². The number of primary amides is 1. The summed E-state index contributed by atoms with van der Waals surface area (Å²) in [6.07, 6.45) is 0. The zero-order valence-electron chi connectivity index (χ0n) is 10.6. The number of amides is 1. The van der Waals surface area contributed by atoms with E-state index in [1.54, 1.807) is 18.2 Å². The molecule has 1 amide bonds. The van der Waals surface area contributed by atoms with E-state index in [2.05, 4.69) is 5.32 Å². The van der Waals surface area contributed by atoms with E-state index in [-0.39, 0.29) is 23.5 Å². The van der Waals surface area contributed by atoms with Gasteiger partial charge in [0.05, 0.1) is 0 Å². The first kappa shape index (κ1) is 13.8. The molecule has 0 saturated carbocycles. The standard InChI is InChI=1S/C13H18FN3O2/c14-10-3-1-2-4-12(10)19-8-7-17-6-5-16-9-11(17)13(15)18/h1-4,11,16H,5-9H2,(H2,15,18). The molecule has 1 saturated heterocycles. The summed E-state index contributed by atoms with van der Waals surface area (Å²) in [5.74, 6) is -0.499. The topological polar surface area (TPSA) is 67.6 Å². The van der Waals surface area contributed by atoms with Gasteiger partial charge in [0.1, 0.15) is 12.6 Å². The minimum absolute atomic E-state index is 0.230. The van der Waals surface area contributed by atoms with Gasteiger partial charge in [0.15, 0.2) is 11.6 Å². The van der Waals surface area contributed by atoms with Crippen LogP contribution >= 0.6 is 0 Å². The van der Waals surface area contributed by atoms with Crippen LogP contribution in [0.4, 0.5) is 4.39 Å². The van der Waals surface area contributed by atoms with Gasteiger partial charge in [-0.2, -0.15) is 0 Å². The van der Waals surface area contributed by atoms with E-state index in [4.69, 9.17) is 10.5 Å². The number of para-hydroxylation sites is 1. The Hall–Kier alpha value is -1.66. The number of carbonyl (C=O) groups excluding carboxylic acids is 1. The highest BCUT2D eigenvalue weighted by Gasteiger charge is 2.26. The molecule has 1 fully saturated rings. The lowest BCUT2D eigenvalue weighted by molar-refractivity contribution is -0.123. The van der Waals surface area contributed by atoms with Crippen molar-refractivity contribution in [3.63, 3.8) is 0 Å². The normalized spacial score (nSPS) is 20.2. The van der Waals surface area contributed by atoms with Gasteiger partial charge in [-0.25, -0.2) is 4.39 Å². The smallest absolute Gasteiger partial charge is 0.236 e. The van der Waals surface area contributed by atoms with E-state index in [0.717, 1.165) is 13.1 Å². The predicted octanol–water partition coefficient (Wildman–Crippen LogP) is -0.0364.